The molecule has 160 valence electrons. The standard InChI is InChI=1S/C24H14F4N2O2/c25-17-9-7-13(11-19(17)27)23(31)29-21-5-1-3-15-16(21)4-2-6-22(15)30-24(32)14-8-10-18(26)20(28)12-14/h1-12H,(H,29,31)(H,30,32). The summed E-state index contributed by atoms with van der Waals surface area (Å²) in [5.41, 5.74) is 0.620. The molecular formula is C24H14F4N2O2. The Kier molecular flexibility index (Phi) is 5.59. The Labute approximate surface area is 179 Å². The van der Waals surface area contributed by atoms with Gasteiger partial charge in [-0.15, -0.1) is 0 Å². The van der Waals surface area contributed by atoms with Crippen LogP contribution in [0.1, 0.15) is 20.7 Å². The van der Waals surface area contributed by atoms with Gasteiger partial charge in [0.15, 0.2) is 23.3 Å². The predicted molar refractivity (Wildman–Crippen MR) is 113 cm³/mol. The first kappa shape index (κ1) is 21.0. The third kappa shape index (κ3) is 4.15. The van der Waals surface area contributed by atoms with Crippen LogP contribution >= 0.6 is 0 Å². The summed E-state index contributed by atoms with van der Waals surface area (Å²) in [5, 5.41) is 6.41. The van der Waals surface area contributed by atoms with Gasteiger partial charge in [0.05, 0.1) is 0 Å². The monoisotopic (exact) mass is 438 g/mol. The summed E-state index contributed by atoms with van der Waals surface area (Å²) in [6.45, 7) is 0. The average molecular weight is 438 g/mol. The second-order valence-electron chi connectivity index (χ2n) is 6.87. The molecule has 0 radical (unpaired) electrons. The fraction of sp³-hybridized carbons (Fsp3) is 0. The van der Waals surface area contributed by atoms with Crippen molar-refractivity contribution in [3.8, 4) is 0 Å². The molecule has 0 aliphatic rings. The maximum atomic E-state index is 13.5. The van der Waals surface area contributed by atoms with Crippen molar-refractivity contribution in [1.82, 2.24) is 0 Å². The third-order valence-electron chi connectivity index (χ3n) is 4.78. The zero-order valence-corrected chi connectivity index (χ0v) is 16.3. The van der Waals surface area contributed by atoms with Gasteiger partial charge >= 0.3 is 0 Å². The predicted octanol–water partition coefficient (Wildman–Crippen LogP) is 5.90. The van der Waals surface area contributed by atoms with E-state index in [-0.39, 0.29) is 11.1 Å². The number of benzene rings is 4. The Hall–Kier alpha value is -4.20. The molecule has 4 rings (SSSR count). The molecule has 0 aliphatic carbocycles. The minimum Gasteiger partial charge on any atom is -0.321 e. The SMILES string of the molecule is O=C(Nc1cccc2c(NC(=O)c3ccc(F)c(F)c3)cccc12)c1ccc(F)c(F)c1. The number of amides is 2. The molecule has 4 aromatic rings. The van der Waals surface area contributed by atoms with Crippen LogP contribution in [-0.2, 0) is 0 Å². The van der Waals surface area contributed by atoms with Crippen molar-refractivity contribution >= 4 is 34.0 Å². The zero-order chi connectivity index (χ0) is 22.8. The number of hydrogen-bond acceptors (Lipinski definition) is 2. The average Bonchev–Trinajstić information content (AvgIpc) is 2.78. The summed E-state index contributed by atoms with van der Waals surface area (Å²) in [6.07, 6.45) is 0. The number of hydrogen-bond donors (Lipinski definition) is 2. The highest BCUT2D eigenvalue weighted by atomic mass is 19.2. The van der Waals surface area contributed by atoms with E-state index in [1.807, 2.05) is 0 Å². The topological polar surface area (TPSA) is 58.2 Å². The summed E-state index contributed by atoms with van der Waals surface area (Å²) in [5.74, 6) is -5.70. The summed E-state index contributed by atoms with van der Waals surface area (Å²) < 4.78 is 53.2. The molecule has 0 heterocycles. The van der Waals surface area contributed by atoms with Crippen molar-refractivity contribution < 1.29 is 27.2 Å². The Morgan fingerprint density at radius 3 is 1.31 bits per heavy atom. The van der Waals surface area contributed by atoms with Gasteiger partial charge in [-0.25, -0.2) is 17.6 Å². The Bertz CT molecular complexity index is 1270. The molecule has 8 heteroatoms. The van der Waals surface area contributed by atoms with Crippen molar-refractivity contribution in [2.45, 2.75) is 0 Å². The van der Waals surface area contributed by atoms with Crippen molar-refractivity contribution in [2.75, 3.05) is 10.6 Å². The molecule has 0 spiro atoms. The van der Waals surface area contributed by atoms with E-state index in [0.717, 1.165) is 36.4 Å². The van der Waals surface area contributed by atoms with Crippen LogP contribution in [0, 0.1) is 23.3 Å². The molecule has 4 nitrogen and oxygen atoms in total. The summed E-state index contributed by atoms with van der Waals surface area (Å²) in [7, 11) is 0. The molecule has 0 bridgehead atoms. The maximum Gasteiger partial charge on any atom is 0.255 e. The second-order valence-corrected chi connectivity index (χ2v) is 6.87. The number of nitrogens with one attached hydrogen (secondary N) is 2. The first-order valence-electron chi connectivity index (χ1n) is 9.38. The van der Waals surface area contributed by atoms with Crippen molar-refractivity contribution in [2.24, 2.45) is 0 Å². The largest absolute Gasteiger partial charge is 0.321 e. The fourth-order valence-electron chi connectivity index (χ4n) is 3.19. The van der Waals surface area contributed by atoms with Crippen LogP contribution in [0.5, 0.6) is 0 Å². The van der Waals surface area contributed by atoms with Gasteiger partial charge in [0.2, 0.25) is 0 Å². The van der Waals surface area contributed by atoms with E-state index in [1.165, 1.54) is 0 Å². The number of fused-ring (bicyclic) bond motifs is 1. The molecule has 32 heavy (non-hydrogen) atoms. The van der Waals surface area contributed by atoms with Crippen LogP contribution < -0.4 is 10.6 Å². The number of carbonyl (C=O) groups is 2. The first-order chi connectivity index (χ1) is 15.3. The van der Waals surface area contributed by atoms with Crippen LogP contribution in [0.2, 0.25) is 0 Å². The lowest BCUT2D eigenvalue weighted by Crippen LogP contribution is -2.14. The second kappa shape index (κ2) is 8.50. The first-order valence-corrected chi connectivity index (χ1v) is 9.38. The maximum absolute atomic E-state index is 13.5. The van der Waals surface area contributed by atoms with Gasteiger partial charge in [-0.1, -0.05) is 24.3 Å². The van der Waals surface area contributed by atoms with Gasteiger partial charge in [-0.05, 0) is 48.5 Å². The molecule has 0 aromatic heterocycles. The molecular weight excluding hydrogens is 424 g/mol. The van der Waals surface area contributed by atoms with Gasteiger partial charge in [0.1, 0.15) is 0 Å². The molecule has 0 aliphatic heterocycles. The lowest BCUT2D eigenvalue weighted by Gasteiger charge is -2.13. The lowest BCUT2D eigenvalue weighted by molar-refractivity contribution is 0.101. The number of rotatable bonds is 4. The van der Waals surface area contributed by atoms with Crippen molar-refractivity contribution in [3.63, 3.8) is 0 Å². The summed E-state index contributed by atoms with van der Waals surface area (Å²) >= 11 is 0. The summed E-state index contributed by atoms with van der Waals surface area (Å²) in [4.78, 5) is 25.0. The quantitative estimate of drug-likeness (QED) is 0.390. The highest BCUT2D eigenvalue weighted by Crippen LogP contribution is 2.30. The normalized spacial score (nSPS) is 10.8. The lowest BCUT2D eigenvalue weighted by atomic mass is 10.1. The number of halogens is 4. The molecule has 2 amide bonds. The van der Waals surface area contributed by atoms with E-state index in [1.54, 1.807) is 36.4 Å². The zero-order valence-electron chi connectivity index (χ0n) is 16.3. The van der Waals surface area contributed by atoms with Crippen molar-refractivity contribution in [3.05, 3.63) is 107 Å². The van der Waals surface area contributed by atoms with Crippen LogP contribution in [0.4, 0.5) is 28.9 Å². The van der Waals surface area contributed by atoms with Gasteiger partial charge in [0, 0.05) is 33.3 Å². The van der Waals surface area contributed by atoms with Gasteiger partial charge < -0.3 is 10.6 Å². The van der Waals surface area contributed by atoms with Crippen LogP contribution in [0.25, 0.3) is 10.8 Å². The molecule has 0 unspecified atom stereocenters. The van der Waals surface area contributed by atoms with Crippen LogP contribution in [0.3, 0.4) is 0 Å². The van der Waals surface area contributed by atoms with Gasteiger partial charge in [-0.3, -0.25) is 9.59 Å². The molecule has 2 N–H and O–H groups in total. The van der Waals surface area contributed by atoms with Crippen LogP contribution in [0.15, 0.2) is 72.8 Å². The number of anilines is 2. The number of carbonyl (C=O) groups excluding carboxylic acids is 2. The molecule has 0 fully saturated rings. The third-order valence-corrected chi connectivity index (χ3v) is 4.78. The van der Waals surface area contributed by atoms with Gasteiger partial charge in [-0.2, -0.15) is 0 Å². The van der Waals surface area contributed by atoms with E-state index in [2.05, 4.69) is 10.6 Å². The van der Waals surface area contributed by atoms with E-state index in [4.69, 9.17) is 0 Å². The Balaban J connectivity index is 1.63. The van der Waals surface area contributed by atoms with Crippen molar-refractivity contribution in [1.29, 1.82) is 0 Å². The molecule has 0 atom stereocenters. The molecule has 0 saturated carbocycles. The molecule has 0 saturated heterocycles. The fourth-order valence-corrected chi connectivity index (χ4v) is 3.19. The highest BCUT2D eigenvalue weighted by Gasteiger charge is 2.14. The minimum absolute atomic E-state index is 0.0660. The minimum atomic E-state index is -1.14. The van der Waals surface area contributed by atoms with E-state index in [0.29, 0.717) is 22.1 Å². The smallest absolute Gasteiger partial charge is 0.255 e. The highest BCUT2D eigenvalue weighted by molar-refractivity contribution is 6.14. The van der Waals surface area contributed by atoms with E-state index < -0.39 is 35.1 Å². The Morgan fingerprint density at radius 2 is 0.938 bits per heavy atom. The van der Waals surface area contributed by atoms with Crippen LogP contribution in [-0.4, -0.2) is 11.8 Å². The Morgan fingerprint density at radius 1 is 0.531 bits per heavy atom. The van der Waals surface area contributed by atoms with E-state index >= 15 is 0 Å². The van der Waals surface area contributed by atoms with E-state index in [9.17, 15) is 27.2 Å². The molecule has 4 aromatic carbocycles. The van der Waals surface area contributed by atoms with Gasteiger partial charge in [0.25, 0.3) is 11.8 Å². The summed E-state index contributed by atoms with van der Waals surface area (Å²) in [6, 6.07) is 15.5.